The Morgan fingerprint density at radius 2 is 2.15 bits per heavy atom. The number of carbonyl (C=O) groups excluding carboxylic acids is 1. The van der Waals surface area contributed by atoms with Gasteiger partial charge < -0.3 is 10.0 Å². The minimum absolute atomic E-state index is 0.0894. The Bertz CT molecular complexity index is 453. The zero-order valence-electron chi connectivity index (χ0n) is 11.6. The van der Waals surface area contributed by atoms with Gasteiger partial charge in [-0.2, -0.15) is 11.3 Å². The molecule has 1 aromatic rings. The van der Waals surface area contributed by atoms with Gasteiger partial charge in [-0.1, -0.05) is 0 Å². The summed E-state index contributed by atoms with van der Waals surface area (Å²) in [6, 6.07) is 2.06. The van der Waals surface area contributed by atoms with Crippen molar-refractivity contribution in [1.29, 1.82) is 0 Å². The topological polar surface area (TPSA) is 60.9 Å². The number of carbonyl (C=O) groups is 2. The van der Waals surface area contributed by atoms with E-state index in [4.69, 9.17) is 5.11 Å². The number of hydrogen-bond donors (Lipinski definition) is 1. The highest BCUT2D eigenvalue weighted by molar-refractivity contribution is 7.07. The van der Waals surface area contributed by atoms with Crippen LogP contribution in [0.3, 0.4) is 0 Å². The predicted molar refractivity (Wildman–Crippen MR) is 77.6 cm³/mol. The van der Waals surface area contributed by atoms with Crippen LogP contribution in [0, 0.1) is 5.92 Å². The smallest absolute Gasteiger partial charge is 0.306 e. The monoisotopic (exact) mass is 296 g/mol. The van der Waals surface area contributed by atoms with E-state index in [0.29, 0.717) is 32.5 Å². The summed E-state index contributed by atoms with van der Waals surface area (Å²) < 4.78 is 0. The van der Waals surface area contributed by atoms with Crippen molar-refractivity contribution in [2.45, 2.75) is 19.4 Å². The highest BCUT2D eigenvalue weighted by Crippen LogP contribution is 2.17. The average Bonchev–Trinajstić information content (AvgIpc) is 2.91. The van der Waals surface area contributed by atoms with Crippen LogP contribution in [0.2, 0.25) is 0 Å². The second-order valence-corrected chi connectivity index (χ2v) is 6.08. The number of thiophene rings is 1. The van der Waals surface area contributed by atoms with Gasteiger partial charge in [0.15, 0.2) is 0 Å². The number of piperidine rings is 1. The lowest BCUT2D eigenvalue weighted by Gasteiger charge is -2.31. The van der Waals surface area contributed by atoms with Crippen LogP contribution in [0.4, 0.5) is 0 Å². The van der Waals surface area contributed by atoms with E-state index in [2.05, 4.69) is 11.4 Å². The summed E-state index contributed by atoms with van der Waals surface area (Å²) >= 11 is 1.65. The van der Waals surface area contributed by atoms with Crippen LogP contribution in [-0.2, 0) is 16.1 Å². The number of hydrogen-bond acceptors (Lipinski definition) is 4. The summed E-state index contributed by atoms with van der Waals surface area (Å²) in [5.74, 6) is -0.944. The molecule has 0 atom stereocenters. The lowest BCUT2D eigenvalue weighted by atomic mass is 9.97. The molecule has 0 spiro atoms. The quantitative estimate of drug-likeness (QED) is 0.894. The third-order valence-corrected chi connectivity index (χ3v) is 4.37. The molecular weight excluding hydrogens is 276 g/mol. The molecule has 1 amide bonds. The normalized spacial score (nSPS) is 16.6. The van der Waals surface area contributed by atoms with Gasteiger partial charge in [-0.3, -0.25) is 14.5 Å². The maximum absolute atomic E-state index is 12.2. The largest absolute Gasteiger partial charge is 0.481 e. The molecule has 1 saturated heterocycles. The van der Waals surface area contributed by atoms with E-state index >= 15 is 0 Å². The van der Waals surface area contributed by atoms with Crippen LogP contribution >= 0.6 is 11.3 Å². The van der Waals surface area contributed by atoms with Crippen molar-refractivity contribution in [1.82, 2.24) is 9.80 Å². The molecule has 0 saturated carbocycles. The molecule has 1 aliphatic rings. The molecule has 0 unspecified atom stereocenters. The second kappa shape index (κ2) is 6.85. The number of likely N-dealkylation sites (N-methyl/N-ethyl adjacent to an activating group) is 1. The van der Waals surface area contributed by atoms with Gasteiger partial charge in [-0.05, 0) is 42.3 Å². The summed E-state index contributed by atoms with van der Waals surface area (Å²) in [6.45, 7) is 2.26. The first-order valence-electron chi connectivity index (χ1n) is 6.76. The van der Waals surface area contributed by atoms with Crippen molar-refractivity contribution < 1.29 is 14.7 Å². The van der Waals surface area contributed by atoms with Crippen LogP contribution in [0.25, 0.3) is 0 Å². The first kappa shape index (κ1) is 15.0. The zero-order valence-corrected chi connectivity index (χ0v) is 12.4. The Hall–Kier alpha value is -1.40. The molecule has 1 aromatic heterocycles. The first-order chi connectivity index (χ1) is 9.56. The molecule has 0 aromatic carbocycles. The van der Waals surface area contributed by atoms with Gasteiger partial charge in [-0.15, -0.1) is 0 Å². The summed E-state index contributed by atoms with van der Waals surface area (Å²) in [5.41, 5.74) is 1.22. The molecular formula is C14H20N2O3S. The first-order valence-corrected chi connectivity index (χ1v) is 7.70. The number of amides is 1. The Kier molecular flexibility index (Phi) is 5.14. The fourth-order valence-electron chi connectivity index (χ4n) is 2.46. The summed E-state index contributed by atoms with van der Waals surface area (Å²) in [5, 5.41) is 13.1. The average molecular weight is 296 g/mol. The van der Waals surface area contributed by atoms with Gasteiger partial charge in [0.05, 0.1) is 12.5 Å². The van der Waals surface area contributed by atoms with Crippen LogP contribution in [-0.4, -0.2) is 53.5 Å². The van der Waals surface area contributed by atoms with E-state index in [1.54, 1.807) is 16.2 Å². The SMILES string of the molecule is CN(CC(=O)N1CCC(C(=O)O)CC1)Cc1ccsc1. The van der Waals surface area contributed by atoms with E-state index < -0.39 is 5.97 Å². The van der Waals surface area contributed by atoms with Crippen molar-refractivity contribution in [3.8, 4) is 0 Å². The number of likely N-dealkylation sites (tertiary alicyclic amines) is 1. The van der Waals surface area contributed by atoms with Crippen molar-refractivity contribution in [2.75, 3.05) is 26.7 Å². The van der Waals surface area contributed by atoms with Gasteiger partial charge in [-0.25, -0.2) is 0 Å². The lowest BCUT2D eigenvalue weighted by Crippen LogP contribution is -2.44. The van der Waals surface area contributed by atoms with Gasteiger partial charge in [0.2, 0.25) is 5.91 Å². The molecule has 110 valence electrons. The third-order valence-electron chi connectivity index (χ3n) is 3.63. The Morgan fingerprint density at radius 3 is 2.70 bits per heavy atom. The third kappa shape index (κ3) is 4.05. The molecule has 2 heterocycles. The van der Waals surface area contributed by atoms with E-state index in [-0.39, 0.29) is 11.8 Å². The molecule has 5 nitrogen and oxygen atoms in total. The fraction of sp³-hybridized carbons (Fsp3) is 0.571. The summed E-state index contributed by atoms with van der Waals surface area (Å²) in [7, 11) is 1.93. The molecule has 0 aliphatic carbocycles. The van der Waals surface area contributed by atoms with Crippen LogP contribution < -0.4 is 0 Å². The standard InChI is InChI=1S/C14H20N2O3S/c1-15(8-11-4-7-20-10-11)9-13(17)16-5-2-12(3-6-16)14(18)19/h4,7,10,12H,2-3,5-6,8-9H2,1H3,(H,18,19). The Morgan fingerprint density at radius 1 is 1.45 bits per heavy atom. The summed E-state index contributed by atoms with van der Waals surface area (Å²) in [6.07, 6.45) is 1.13. The van der Waals surface area contributed by atoms with Crippen molar-refractivity contribution in [3.05, 3.63) is 22.4 Å². The van der Waals surface area contributed by atoms with Gasteiger partial charge in [0, 0.05) is 19.6 Å². The van der Waals surface area contributed by atoms with Crippen molar-refractivity contribution >= 4 is 23.2 Å². The summed E-state index contributed by atoms with van der Waals surface area (Å²) in [4.78, 5) is 26.8. The van der Waals surface area contributed by atoms with Gasteiger partial charge in [0.25, 0.3) is 0 Å². The van der Waals surface area contributed by atoms with Crippen molar-refractivity contribution in [3.63, 3.8) is 0 Å². The second-order valence-electron chi connectivity index (χ2n) is 5.30. The zero-order chi connectivity index (χ0) is 14.5. The number of carboxylic acids is 1. The van der Waals surface area contributed by atoms with Crippen LogP contribution in [0.15, 0.2) is 16.8 Å². The minimum atomic E-state index is -0.744. The lowest BCUT2D eigenvalue weighted by molar-refractivity contribution is -0.145. The molecule has 1 fully saturated rings. The number of rotatable bonds is 5. The van der Waals surface area contributed by atoms with Gasteiger partial charge >= 0.3 is 5.97 Å². The molecule has 20 heavy (non-hydrogen) atoms. The maximum Gasteiger partial charge on any atom is 0.306 e. The number of carboxylic acid groups (broad SMARTS) is 1. The molecule has 1 N–H and O–H groups in total. The minimum Gasteiger partial charge on any atom is -0.481 e. The molecule has 0 bridgehead atoms. The van der Waals surface area contributed by atoms with E-state index in [1.807, 2.05) is 17.3 Å². The molecule has 0 radical (unpaired) electrons. The Labute approximate surface area is 122 Å². The fourth-order valence-corrected chi connectivity index (χ4v) is 3.12. The molecule has 2 rings (SSSR count). The Balaban J connectivity index is 1.76. The predicted octanol–water partition coefficient (Wildman–Crippen LogP) is 1.50. The van der Waals surface area contributed by atoms with E-state index in [0.717, 1.165) is 6.54 Å². The van der Waals surface area contributed by atoms with Gasteiger partial charge in [0.1, 0.15) is 0 Å². The number of aliphatic carboxylic acids is 1. The van der Waals surface area contributed by atoms with Crippen LogP contribution in [0.5, 0.6) is 0 Å². The molecule has 1 aliphatic heterocycles. The maximum atomic E-state index is 12.2. The van der Waals surface area contributed by atoms with E-state index in [1.165, 1.54) is 5.56 Å². The highest BCUT2D eigenvalue weighted by atomic mass is 32.1. The van der Waals surface area contributed by atoms with E-state index in [9.17, 15) is 9.59 Å². The number of nitrogens with zero attached hydrogens (tertiary/aromatic N) is 2. The molecule has 6 heteroatoms. The van der Waals surface area contributed by atoms with Crippen LogP contribution in [0.1, 0.15) is 18.4 Å². The van der Waals surface area contributed by atoms with Crippen molar-refractivity contribution in [2.24, 2.45) is 5.92 Å². The highest BCUT2D eigenvalue weighted by Gasteiger charge is 2.27.